The van der Waals surface area contributed by atoms with E-state index in [0.29, 0.717) is 0 Å². The largest absolute Gasteiger partial charge is 4.00 e. The zero-order chi connectivity index (χ0) is 20.7. The van der Waals surface area contributed by atoms with Crippen LogP contribution in [0.4, 0.5) is 0 Å². The molecule has 0 unspecified atom stereocenters. The van der Waals surface area contributed by atoms with Crippen LogP contribution in [0.5, 0.6) is 0 Å². The summed E-state index contributed by atoms with van der Waals surface area (Å²) in [4.78, 5) is 0. The van der Waals surface area contributed by atoms with Crippen LogP contribution in [-0.4, -0.2) is 0 Å². The van der Waals surface area contributed by atoms with Crippen molar-refractivity contribution in [2.75, 3.05) is 0 Å². The number of benzene rings is 4. The molecule has 0 aliphatic rings. The molecule has 0 saturated carbocycles. The molecule has 0 amide bonds. The Morgan fingerprint density at radius 2 is 0.794 bits per heavy atom. The summed E-state index contributed by atoms with van der Waals surface area (Å²) >= 11 is 0. The fourth-order valence-corrected chi connectivity index (χ4v) is 5.11. The SMILES string of the molecule is [Cl-].[Cl-].[Hf+4].c1ccc(C(c2ccccc2)(c2cc3ccccc3[cH-]2)c2cc3ccccc3[cH-]2)cc1. The summed E-state index contributed by atoms with van der Waals surface area (Å²) < 4.78 is 0. The molecule has 0 bridgehead atoms. The van der Waals surface area contributed by atoms with Gasteiger partial charge in [-0.2, -0.15) is 12.1 Å². The summed E-state index contributed by atoms with van der Waals surface area (Å²) in [7, 11) is 0. The van der Waals surface area contributed by atoms with E-state index >= 15 is 0 Å². The average Bonchev–Trinajstić information content (AvgIpc) is 3.46. The molecule has 164 valence electrons. The van der Waals surface area contributed by atoms with Crippen LogP contribution in [0.3, 0.4) is 0 Å². The summed E-state index contributed by atoms with van der Waals surface area (Å²) in [5.41, 5.74) is 4.79. The zero-order valence-corrected chi connectivity index (χ0v) is 23.6. The van der Waals surface area contributed by atoms with Gasteiger partial charge in [-0.3, -0.25) is 0 Å². The second-order valence-corrected chi connectivity index (χ2v) is 8.23. The quantitative estimate of drug-likeness (QED) is 0.203. The van der Waals surface area contributed by atoms with Crippen LogP contribution in [-0.2, 0) is 31.3 Å². The first-order chi connectivity index (χ1) is 15.4. The Morgan fingerprint density at radius 3 is 1.18 bits per heavy atom. The van der Waals surface area contributed by atoms with Gasteiger partial charge in [0.25, 0.3) is 0 Å². The Balaban J connectivity index is 0.00000108. The molecule has 0 aliphatic carbocycles. The Labute approximate surface area is 232 Å². The average molecular weight is 644 g/mol. The summed E-state index contributed by atoms with van der Waals surface area (Å²) in [6, 6.07) is 48.7. The normalized spacial score (nSPS) is 10.8. The number of fused-ring (bicyclic) bond motifs is 2. The molecular weight excluding hydrogens is 622 g/mol. The molecule has 0 radical (unpaired) electrons. The van der Waals surface area contributed by atoms with E-state index in [0.717, 1.165) is 0 Å². The first kappa shape index (κ1) is 26.2. The van der Waals surface area contributed by atoms with Gasteiger partial charge in [0.15, 0.2) is 0 Å². The fraction of sp³-hybridized carbons (Fsp3) is 0.0323. The van der Waals surface area contributed by atoms with Crippen LogP contribution < -0.4 is 24.8 Å². The molecule has 0 atom stereocenters. The summed E-state index contributed by atoms with van der Waals surface area (Å²) in [6.07, 6.45) is 0. The Bertz CT molecular complexity index is 1300. The maximum absolute atomic E-state index is 2.37. The zero-order valence-electron chi connectivity index (χ0n) is 18.5. The van der Waals surface area contributed by atoms with Gasteiger partial charge >= 0.3 is 25.8 Å². The summed E-state index contributed by atoms with van der Waals surface area (Å²) in [5.74, 6) is 0. The first-order valence-corrected chi connectivity index (χ1v) is 10.8. The van der Waals surface area contributed by atoms with Gasteiger partial charge in [-0.1, -0.05) is 72.8 Å². The van der Waals surface area contributed by atoms with E-state index in [1.165, 1.54) is 43.8 Å². The molecule has 0 heterocycles. The third kappa shape index (κ3) is 4.22. The van der Waals surface area contributed by atoms with Gasteiger partial charge in [0.2, 0.25) is 0 Å². The molecule has 6 rings (SSSR count). The van der Waals surface area contributed by atoms with Crippen molar-refractivity contribution in [1.29, 1.82) is 0 Å². The standard InChI is InChI=1S/C31H22.2ClH.Hf/c1-3-15-27(16-4-1)31(28-17-5-2-6-18-28,29-19-23-11-7-8-12-24(23)20-29)30-21-25-13-9-10-14-26(25)22-30;;;/h1-22H;2*1H;/q-2;;;+4/p-2. The molecule has 0 saturated heterocycles. The van der Waals surface area contributed by atoms with Crippen molar-refractivity contribution in [2.24, 2.45) is 0 Å². The predicted molar refractivity (Wildman–Crippen MR) is 131 cm³/mol. The van der Waals surface area contributed by atoms with Gasteiger partial charge in [0.05, 0.1) is 0 Å². The summed E-state index contributed by atoms with van der Waals surface area (Å²) in [6.45, 7) is 0. The number of hydrogen-bond acceptors (Lipinski definition) is 0. The Morgan fingerprint density at radius 1 is 0.441 bits per heavy atom. The topological polar surface area (TPSA) is 0 Å². The van der Waals surface area contributed by atoms with Gasteiger partial charge in [-0.25, -0.2) is 0 Å². The van der Waals surface area contributed by atoms with Crippen molar-refractivity contribution in [1.82, 2.24) is 0 Å². The van der Waals surface area contributed by atoms with Gasteiger partial charge in [0.1, 0.15) is 0 Å². The van der Waals surface area contributed by atoms with Gasteiger partial charge in [-0.15, -0.1) is 81.2 Å². The molecule has 6 aromatic rings. The van der Waals surface area contributed by atoms with Crippen molar-refractivity contribution in [3.63, 3.8) is 0 Å². The molecule has 0 nitrogen and oxygen atoms in total. The van der Waals surface area contributed by atoms with E-state index in [-0.39, 0.29) is 56.1 Å². The van der Waals surface area contributed by atoms with E-state index in [9.17, 15) is 0 Å². The monoisotopic (exact) mass is 644 g/mol. The van der Waals surface area contributed by atoms with E-state index in [4.69, 9.17) is 0 Å². The van der Waals surface area contributed by atoms with Crippen LogP contribution in [0.15, 0.2) is 133 Å². The van der Waals surface area contributed by atoms with Gasteiger partial charge in [-0.05, 0) is 11.1 Å². The van der Waals surface area contributed by atoms with Crippen molar-refractivity contribution in [3.8, 4) is 0 Å². The maximum Gasteiger partial charge on any atom is 4.00 e. The molecule has 0 aliphatic heterocycles. The molecule has 34 heavy (non-hydrogen) atoms. The van der Waals surface area contributed by atoms with E-state index < -0.39 is 0 Å². The minimum Gasteiger partial charge on any atom is -1.00 e. The first-order valence-electron chi connectivity index (χ1n) is 10.8. The number of halogens is 2. The second kappa shape index (κ2) is 10.9. The third-order valence-corrected chi connectivity index (χ3v) is 6.52. The minimum absolute atomic E-state index is 0. The maximum atomic E-state index is 2.37. The van der Waals surface area contributed by atoms with Crippen LogP contribution >= 0.6 is 0 Å². The van der Waals surface area contributed by atoms with E-state index in [1.807, 2.05) is 0 Å². The molecule has 0 fully saturated rings. The minimum atomic E-state index is -0.388. The van der Waals surface area contributed by atoms with Crippen LogP contribution in [0, 0.1) is 0 Å². The Kier molecular flexibility index (Phi) is 8.36. The van der Waals surface area contributed by atoms with Crippen LogP contribution in [0.25, 0.3) is 21.5 Å². The summed E-state index contributed by atoms with van der Waals surface area (Å²) in [5, 5.41) is 5.13. The van der Waals surface area contributed by atoms with Gasteiger partial charge < -0.3 is 24.8 Å². The van der Waals surface area contributed by atoms with E-state index in [1.54, 1.807) is 0 Å². The van der Waals surface area contributed by atoms with Crippen LogP contribution in [0.2, 0.25) is 0 Å². The molecule has 0 aromatic heterocycles. The van der Waals surface area contributed by atoms with Crippen molar-refractivity contribution in [2.45, 2.75) is 5.41 Å². The molecule has 6 aromatic carbocycles. The fourth-order valence-electron chi connectivity index (χ4n) is 5.11. The van der Waals surface area contributed by atoms with Crippen molar-refractivity contribution < 1.29 is 50.7 Å². The van der Waals surface area contributed by atoms with E-state index in [2.05, 4.69) is 133 Å². The molecule has 0 spiro atoms. The van der Waals surface area contributed by atoms with Gasteiger partial charge in [0, 0.05) is 5.41 Å². The van der Waals surface area contributed by atoms with Crippen LogP contribution in [0.1, 0.15) is 22.3 Å². The number of rotatable bonds is 4. The smallest absolute Gasteiger partial charge is 1.00 e. The molecule has 0 N–H and O–H groups in total. The van der Waals surface area contributed by atoms with Crippen molar-refractivity contribution in [3.05, 3.63) is 156 Å². The third-order valence-electron chi connectivity index (χ3n) is 6.52. The second-order valence-electron chi connectivity index (χ2n) is 8.23. The molecular formula is C31H22Cl2Hf. The van der Waals surface area contributed by atoms with Crippen molar-refractivity contribution >= 4 is 21.5 Å². The predicted octanol–water partition coefficient (Wildman–Crippen LogP) is 1.82. The number of hydrogen-bond donors (Lipinski definition) is 0. The Hall–Kier alpha value is -2.45. The molecule has 3 heteroatoms.